The molecule has 3 rings (SSSR count). The Morgan fingerprint density at radius 1 is 0.926 bits per heavy atom. The summed E-state index contributed by atoms with van der Waals surface area (Å²) in [5.41, 5.74) is 2.31. The van der Waals surface area contributed by atoms with Crippen LogP contribution in [-0.4, -0.2) is 11.8 Å². The summed E-state index contributed by atoms with van der Waals surface area (Å²) in [7, 11) is 0. The second-order valence-electron chi connectivity index (χ2n) is 5.92. The van der Waals surface area contributed by atoms with Gasteiger partial charge in [0.25, 0.3) is 5.91 Å². The molecule has 0 unspecified atom stereocenters. The topological polar surface area (TPSA) is 71.3 Å². The van der Waals surface area contributed by atoms with Crippen molar-refractivity contribution in [2.45, 2.75) is 13.8 Å². The minimum Gasteiger partial charge on any atom is -0.460 e. The van der Waals surface area contributed by atoms with Gasteiger partial charge in [0.2, 0.25) is 5.91 Å². The van der Waals surface area contributed by atoms with Gasteiger partial charge in [-0.25, -0.2) is 0 Å². The summed E-state index contributed by atoms with van der Waals surface area (Å²) in [6.07, 6.45) is 0. The van der Waals surface area contributed by atoms with Gasteiger partial charge in [-0.3, -0.25) is 9.59 Å². The third-order valence-electron chi connectivity index (χ3n) is 3.82. The molecule has 2 aromatic carbocycles. The normalized spacial score (nSPS) is 10.5. The summed E-state index contributed by atoms with van der Waals surface area (Å²) in [5.74, 6) is 0.498. The van der Waals surface area contributed by atoms with Crippen molar-refractivity contribution in [3.8, 4) is 11.3 Å². The summed E-state index contributed by atoms with van der Waals surface area (Å²) < 4.78 is 5.71. The molecule has 0 saturated carbocycles. The van der Waals surface area contributed by atoms with Gasteiger partial charge in [-0.15, -0.1) is 0 Å². The van der Waals surface area contributed by atoms with Crippen molar-refractivity contribution in [2.24, 2.45) is 0 Å². The quantitative estimate of drug-likeness (QED) is 0.581. The number of aryl methyl sites for hydroxylation is 1. The van der Waals surface area contributed by atoms with Crippen LogP contribution in [0.2, 0.25) is 10.0 Å². The van der Waals surface area contributed by atoms with Gasteiger partial charge in [0.1, 0.15) is 11.5 Å². The lowest BCUT2D eigenvalue weighted by atomic mass is 10.1. The number of furan rings is 1. The van der Waals surface area contributed by atoms with Crippen molar-refractivity contribution in [1.29, 1.82) is 0 Å². The minimum atomic E-state index is -0.306. The Morgan fingerprint density at radius 3 is 2.15 bits per heavy atom. The van der Waals surface area contributed by atoms with Crippen LogP contribution in [0.1, 0.15) is 23.0 Å². The number of benzene rings is 2. The van der Waals surface area contributed by atoms with Gasteiger partial charge in [0, 0.05) is 28.9 Å². The molecular formula is C20H16Cl2N2O3. The van der Waals surface area contributed by atoms with E-state index in [2.05, 4.69) is 10.6 Å². The number of hydrogen-bond donors (Lipinski definition) is 2. The Bertz CT molecular complexity index is 1010. The van der Waals surface area contributed by atoms with E-state index in [-0.39, 0.29) is 11.8 Å². The molecule has 2 N–H and O–H groups in total. The number of amides is 2. The number of carbonyl (C=O) groups excluding carboxylic acids is 2. The first-order valence-electron chi connectivity index (χ1n) is 8.08. The van der Waals surface area contributed by atoms with Crippen LogP contribution in [0.4, 0.5) is 11.4 Å². The van der Waals surface area contributed by atoms with Crippen LogP contribution in [0, 0.1) is 6.92 Å². The van der Waals surface area contributed by atoms with Gasteiger partial charge in [-0.2, -0.15) is 0 Å². The number of hydrogen-bond acceptors (Lipinski definition) is 3. The Labute approximate surface area is 166 Å². The highest BCUT2D eigenvalue weighted by molar-refractivity contribution is 6.36. The lowest BCUT2D eigenvalue weighted by Gasteiger charge is -2.06. The molecule has 0 radical (unpaired) electrons. The summed E-state index contributed by atoms with van der Waals surface area (Å²) in [4.78, 5) is 23.6. The van der Waals surface area contributed by atoms with E-state index in [1.54, 1.807) is 55.5 Å². The van der Waals surface area contributed by atoms with Crippen LogP contribution in [0.5, 0.6) is 0 Å². The van der Waals surface area contributed by atoms with Crippen LogP contribution in [0.25, 0.3) is 11.3 Å². The van der Waals surface area contributed by atoms with E-state index >= 15 is 0 Å². The lowest BCUT2D eigenvalue weighted by Crippen LogP contribution is -2.12. The van der Waals surface area contributed by atoms with Crippen molar-refractivity contribution in [1.82, 2.24) is 0 Å². The highest BCUT2D eigenvalue weighted by atomic mass is 35.5. The van der Waals surface area contributed by atoms with E-state index in [4.69, 9.17) is 27.6 Å². The molecule has 138 valence electrons. The molecule has 2 amide bonds. The van der Waals surface area contributed by atoms with Gasteiger partial charge in [0.05, 0.1) is 10.6 Å². The summed E-state index contributed by atoms with van der Waals surface area (Å²) in [6, 6.07) is 13.5. The zero-order chi connectivity index (χ0) is 19.6. The highest BCUT2D eigenvalue weighted by Crippen LogP contribution is 2.33. The first-order valence-corrected chi connectivity index (χ1v) is 8.84. The molecule has 0 aliphatic heterocycles. The second-order valence-corrected chi connectivity index (χ2v) is 6.76. The van der Waals surface area contributed by atoms with Gasteiger partial charge in [0.15, 0.2) is 0 Å². The average Bonchev–Trinajstić information content (AvgIpc) is 2.98. The monoisotopic (exact) mass is 402 g/mol. The van der Waals surface area contributed by atoms with Crippen LogP contribution in [0.15, 0.2) is 52.9 Å². The number of nitrogens with one attached hydrogen (secondary N) is 2. The van der Waals surface area contributed by atoms with Crippen molar-refractivity contribution < 1.29 is 14.0 Å². The number of rotatable bonds is 4. The number of carbonyl (C=O) groups is 2. The van der Waals surface area contributed by atoms with Gasteiger partial charge >= 0.3 is 0 Å². The Hall–Kier alpha value is -2.76. The fourth-order valence-corrected chi connectivity index (χ4v) is 3.07. The predicted molar refractivity (Wildman–Crippen MR) is 108 cm³/mol. The molecule has 0 fully saturated rings. The molecule has 1 aromatic heterocycles. The van der Waals surface area contributed by atoms with E-state index in [0.717, 1.165) is 0 Å². The van der Waals surface area contributed by atoms with E-state index in [0.29, 0.717) is 44.1 Å². The molecule has 0 atom stereocenters. The third-order valence-corrected chi connectivity index (χ3v) is 4.37. The van der Waals surface area contributed by atoms with E-state index in [1.807, 2.05) is 0 Å². The SMILES string of the molecule is CC(=O)Nc1ccc(NC(=O)c2cc(-c3ccc(Cl)cc3Cl)oc2C)cc1. The van der Waals surface area contributed by atoms with Crippen molar-refractivity contribution in [2.75, 3.05) is 10.6 Å². The average molecular weight is 403 g/mol. The first kappa shape index (κ1) is 19.0. The maximum Gasteiger partial charge on any atom is 0.259 e. The molecule has 5 nitrogen and oxygen atoms in total. The smallest absolute Gasteiger partial charge is 0.259 e. The standard InChI is InChI=1S/C20H16Cl2N2O3/c1-11-17(10-19(27-11)16-8-3-13(21)9-18(16)22)20(26)24-15-6-4-14(5-7-15)23-12(2)25/h3-10H,1-2H3,(H,23,25)(H,24,26). The third kappa shape index (κ3) is 4.51. The van der Waals surface area contributed by atoms with E-state index in [9.17, 15) is 9.59 Å². The molecular weight excluding hydrogens is 387 g/mol. The molecule has 1 heterocycles. The molecule has 0 saturated heterocycles. The Morgan fingerprint density at radius 2 is 1.56 bits per heavy atom. The highest BCUT2D eigenvalue weighted by Gasteiger charge is 2.18. The zero-order valence-electron chi connectivity index (χ0n) is 14.6. The summed E-state index contributed by atoms with van der Waals surface area (Å²) in [5, 5.41) is 6.43. The fraction of sp³-hybridized carbons (Fsp3) is 0.100. The molecule has 7 heteroatoms. The number of halogens is 2. The summed E-state index contributed by atoms with van der Waals surface area (Å²) >= 11 is 12.1. The first-order chi connectivity index (χ1) is 12.8. The molecule has 27 heavy (non-hydrogen) atoms. The number of anilines is 2. The van der Waals surface area contributed by atoms with Crippen LogP contribution >= 0.6 is 23.2 Å². The molecule has 0 spiro atoms. The Kier molecular flexibility index (Phi) is 5.54. The predicted octanol–water partition coefficient (Wildman–Crippen LogP) is 5.77. The summed E-state index contributed by atoms with van der Waals surface area (Å²) in [6.45, 7) is 3.14. The van der Waals surface area contributed by atoms with Crippen molar-refractivity contribution in [3.05, 3.63) is 69.9 Å². The maximum absolute atomic E-state index is 12.6. The van der Waals surface area contributed by atoms with Gasteiger partial charge in [-0.1, -0.05) is 23.2 Å². The largest absolute Gasteiger partial charge is 0.460 e. The lowest BCUT2D eigenvalue weighted by molar-refractivity contribution is -0.114. The van der Waals surface area contributed by atoms with Crippen LogP contribution in [-0.2, 0) is 4.79 Å². The zero-order valence-corrected chi connectivity index (χ0v) is 16.1. The van der Waals surface area contributed by atoms with Crippen LogP contribution < -0.4 is 10.6 Å². The molecule has 0 aliphatic carbocycles. The maximum atomic E-state index is 12.6. The molecule has 0 aliphatic rings. The molecule has 0 bridgehead atoms. The van der Waals surface area contributed by atoms with Gasteiger partial charge < -0.3 is 15.1 Å². The van der Waals surface area contributed by atoms with Crippen molar-refractivity contribution >= 4 is 46.4 Å². The van der Waals surface area contributed by atoms with E-state index < -0.39 is 0 Å². The fourth-order valence-electron chi connectivity index (χ4n) is 2.57. The molecule has 3 aromatic rings. The Balaban J connectivity index is 1.79. The van der Waals surface area contributed by atoms with Crippen LogP contribution in [0.3, 0.4) is 0 Å². The minimum absolute atomic E-state index is 0.158. The van der Waals surface area contributed by atoms with E-state index in [1.165, 1.54) is 6.92 Å². The second kappa shape index (κ2) is 7.86. The van der Waals surface area contributed by atoms with Crippen molar-refractivity contribution in [3.63, 3.8) is 0 Å². The van der Waals surface area contributed by atoms with Gasteiger partial charge in [-0.05, 0) is 55.5 Å².